The van der Waals surface area contributed by atoms with Gasteiger partial charge < -0.3 is 0 Å². The summed E-state index contributed by atoms with van der Waals surface area (Å²) in [6.45, 7) is 0. The fourth-order valence-electron chi connectivity index (χ4n) is 1.63. The SMILES string of the molecule is C1=C[SeH](Nc2ncnc3ccccc23)C=C1. The molecule has 1 aliphatic rings. The molecule has 1 aromatic heterocycles. The molecule has 1 aliphatic heterocycles. The van der Waals surface area contributed by atoms with Crippen molar-refractivity contribution in [2.45, 2.75) is 0 Å². The van der Waals surface area contributed by atoms with Gasteiger partial charge in [-0.25, -0.2) is 0 Å². The zero-order valence-electron chi connectivity index (χ0n) is 8.54. The summed E-state index contributed by atoms with van der Waals surface area (Å²) in [5, 5.41) is 1.09. The van der Waals surface area contributed by atoms with Crippen molar-refractivity contribution in [1.29, 1.82) is 0 Å². The van der Waals surface area contributed by atoms with Crippen LogP contribution in [0.4, 0.5) is 5.82 Å². The van der Waals surface area contributed by atoms with E-state index in [1.54, 1.807) is 6.33 Å². The zero-order valence-corrected chi connectivity index (χ0v) is 10.4. The maximum absolute atomic E-state index is 4.32. The molecule has 1 aromatic carbocycles. The number of anilines is 1. The van der Waals surface area contributed by atoms with Crippen LogP contribution in [0.1, 0.15) is 0 Å². The summed E-state index contributed by atoms with van der Waals surface area (Å²) in [6.07, 6.45) is 5.80. The number of allylic oxidation sites excluding steroid dienone is 2. The van der Waals surface area contributed by atoms with Crippen LogP contribution in [0.2, 0.25) is 0 Å². The number of fused-ring (bicyclic) bond motifs is 1. The summed E-state index contributed by atoms with van der Waals surface area (Å²) in [4.78, 5) is 13.0. The van der Waals surface area contributed by atoms with Crippen molar-refractivity contribution in [3.63, 3.8) is 0 Å². The van der Waals surface area contributed by atoms with E-state index in [0.29, 0.717) is 0 Å². The van der Waals surface area contributed by atoms with E-state index in [2.05, 4.69) is 42.5 Å². The molecule has 3 nitrogen and oxygen atoms in total. The molecule has 0 saturated heterocycles. The molecule has 0 amide bonds. The number of hydrogen-bond acceptors (Lipinski definition) is 3. The Bertz CT molecular complexity index is 560. The zero-order chi connectivity index (χ0) is 10.8. The number of nitrogens with zero attached hydrogens (tertiary/aromatic N) is 2. The van der Waals surface area contributed by atoms with Crippen molar-refractivity contribution in [3.05, 3.63) is 52.7 Å². The molecule has 0 spiro atoms. The number of aromatic nitrogens is 2. The van der Waals surface area contributed by atoms with Crippen molar-refractivity contribution in [2.75, 3.05) is 4.33 Å². The summed E-state index contributed by atoms with van der Waals surface area (Å²) in [7, 11) is 0. The molecular formula is C12H11N3Se. The Morgan fingerprint density at radius 2 is 1.81 bits per heavy atom. The average Bonchev–Trinajstić information content (AvgIpc) is 2.82. The van der Waals surface area contributed by atoms with Gasteiger partial charge >= 0.3 is 97.8 Å². The molecule has 2 aromatic rings. The Hall–Kier alpha value is -1.64. The summed E-state index contributed by atoms with van der Waals surface area (Å²) in [5.74, 6) is 0.946. The van der Waals surface area contributed by atoms with Crippen LogP contribution in [0.15, 0.2) is 52.7 Å². The topological polar surface area (TPSA) is 37.8 Å². The van der Waals surface area contributed by atoms with E-state index in [1.807, 2.05) is 18.2 Å². The van der Waals surface area contributed by atoms with Gasteiger partial charge in [-0.2, -0.15) is 0 Å². The van der Waals surface area contributed by atoms with Gasteiger partial charge in [-0.15, -0.1) is 0 Å². The summed E-state index contributed by atoms with van der Waals surface area (Å²) in [6, 6.07) is 8.06. The molecule has 0 bridgehead atoms. The van der Waals surface area contributed by atoms with Crippen LogP contribution in [0, 0.1) is 0 Å². The Labute approximate surface area is 98.0 Å². The Morgan fingerprint density at radius 3 is 2.69 bits per heavy atom. The standard InChI is InChI=1S/C12H11N3Se/c1-2-6-11-10(5-1)12(14-9-13-11)15-16-7-3-4-8-16/h1-9,16H,(H,13,14,15). The van der Waals surface area contributed by atoms with Crippen molar-refractivity contribution in [2.24, 2.45) is 0 Å². The third kappa shape index (κ3) is 1.73. The van der Waals surface area contributed by atoms with Crippen LogP contribution >= 0.6 is 0 Å². The van der Waals surface area contributed by atoms with Crippen LogP contribution in [0.3, 0.4) is 0 Å². The Balaban J connectivity index is 2.02. The van der Waals surface area contributed by atoms with E-state index >= 15 is 0 Å². The molecule has 80 valence electrons. The van der Waals surface area contributed by atoms with Crippen molar-refractivity contribution < 1.29 is 0 Å². The van der Waals surface area contributed by atoms with Crippen LogP contribution in [0.5, 0.6) is 0 Å². The first-order chi connectivity index (χ1) is 7.93. The first kappa shape index (κ1) is 9.58. The summed E-state index contributed by atoms with van der Waals surface area (Å²) >= 11 is -1.18. The molecule has 1 N–H and O–H groups in total. The van der Waals surface area contributed by atoms with E-state index in [9.17, 15) is 0 Å². The minimum atomic E-state index is -1.18. The van der Waals surface area contributed by atoms with Crippen LogP contribution in [-0.2, 0) is 0 Å². The number of rotatable bonds is 2. The predicted molar refractivity (Wildman–Crippen MR) is 68.6 cm³/mol. The average molecular weight is 276 g/mol. The van der Waals surface area contributed by atoms with Crippen molar-refractivity contribution in [3.8, 4) is 0 Å². The van der Waals surface area contributed by atoms with Crippen molar-refractivity contribution >= 4 is 30.8 Å². The minimum absolute atomic E-state index is 0.946. The predicted octanol–water partition coefficient (Wildman–Crippen LogP) is 1.97. The first-order valence-electron chi connectivity index (χ1n) is 5.03. The second-order valence-electron chi connectivity index (χ2n) is 3.44. The Kier molecular flexibility index (Phi) is 2.44. The number of hydrogen-bond donors (Lipinski definition) is 1. The van der Waals surface area contributed by atoms with E-state index in [1.165, 1.54) is 0 Å². The van der Waals surface area contributed by atoms with Gasteiger partial charge in [0.15, 0.2) is 0 Å². The van der Waals surface area contributed by atoms with Gasteiger partial charge in [-0.05, 0) is 0 Å². The van der Waals surface area contributed by atoms with Gasteiger partial charge in [-0.3, -0.25) is 0 Å². The van der Waals surface area contributed by atoms with Crippen LogP contribution in [-0.4, -0.2) is 24.1 Å². The molecule has 0 atom stereocenters. The molecule has 0 saturated carbocycles. The fourth-order valence-corrected chi connectivity index (χ4v) is 4.23. The third-order valence-electron chi connectivity index (χ3n) is 2.38. The van der Waals surface area contributed by atoms with E-state index in [-0.39, 0.29) is 0 Å². The van der Waals surface area contributed by atoms with E-state index in [0.717, 1.165) is 16.7 Å². The number of nitrogens with one attached hydrogen (secondary N) is 1. The first-order valence-corrected chi connectivity index (χ1v) is 8.14. The van der Waals surface area contributed by atoms with E-state index in [4.69, 9.17) is 0 Å². The van der Waals surface area contributed by atoms with Gasteiger partial charge in [-0.1, -0.05) is 0 Å². The van der Waals surface area contributed by atoms with Gasteiger partial charge in [0.1, 0.15) is 0 Å². The number of benzene rings is 1. The van der Waals surface area contributed by atoms with Crippen molar-refractivity contribution in [1.82, 2.24) is 9.97 Å². The number of para-hydroxylation sites is 1. The normalized spacial score (nSPS) is 15.9. The molecular weight excluding hydrogens is 265 g/mol. The monoisotopic (exact) mass is 277 g/mol. The summed E-state index contributed by atoms with van der Waals surface area (Å²) in [5.41, 5.74) is 0.987. The van der Waals surface area contributed by atoms with Crippen LogP contribution < -0.4 is 4.33 Å². The Morgan fingerprint density at radius 1 is 1.00 bits per heavy atom. The van der Waals surface area contributed by atoms with Gasteiger partial charge in [0.25, 0.3) is 0 Å². The molecule has 0 aliphatic carbocycles. The fraction of sp³-hybridized carbons (Fsp3) is 0. The third-order valence-corrected chi connectivity index (χ3v) is 5.44. The van der Waals surface area contributed by atoms with Crippen LogP contribution in [0.25, 0.3) is 10.9 Å². The molecule has 0 unspecified atom stereocenters. The summed E-state index contributed by atoms with van der Waals surface area (Å²) < 4.78 is 3.50. The molecule has 3 rings (SSSR count). The maximum atomic E-state index is 4.32. The molecule has 2 heterocycles. The molecule has 16 heavy (non-hydrogen) atoms. The van der Waals surface area contributed by atoms with Gasteiger partial charge in [0, 0.05) is 0 Å². The van der Waals surface area contributed by atoms with E-state index < -0.39 is 14.1 Å². The van der Waals surface area contributed by atoms with Gasteiger partial charge in [0.2, 0.25) is 0 Å². The molecule has 0 radical (unpaired) electrons. The second kappa shape index (κ2) is 4.08. The van der Waals surface area contributed by atoms with Gasteiger partial charge in [0.05, 0.1) is 0 Å². The second-order valence-corrected chi connectivity index (χ2v) is 6.87. The molecule has 0 fully saturated rings. The quantitative estimate of drug-likeness (QED) is 0.852. The molecule has 4 heteroatoms.